The normalized spacial score (nSPS) is 11.0. The Labute approximate surface area is 242 Å². The summed E-state index contributed by atoms with van der Waals surface area (Å²) in [5.74, 6) is 0.665. The van der Waals surface area contributed by atoms with Crippen LogP contribution in [0, 0.1) is 0 Å². The lowest BCUT2D eigenvalue weighted by atomic mass is 10.1. The van der Waals surface area contributed by atoms with Crippen LogP contribution in [0.2, 0.25) is 0 Å². The van der Waals surface area contributed by atoms with E-state index in [-0.39, 0.29) is 11.9 Å². The number of aromatic hydroxyl groups is 2. The van der Waals surface area contributed by atoms with Crippen LogP contribution in [0.1, 0.15) is 0 Å². The highest BCUT2D eigenvalue weighted by atomic mass is 16.5. The maximum Gasteiger partial charge on any atom is 0.390 e. The SMILES string of the molecule is Oc1oc(-c2ccccc2)[n+](-c2ccc(-[n+]3c(-c4ccccc4)oc(O)c3-c3ccccc3)cc2)c1-c1ccccc1. The minimum absolute atomic E-state index is 0.170. The first kappa shape index (κ1) is 25.1. The maximum atomic E-state index is 11.0. The Hall–Kier alpha value is -5.88. The first-order valence-corrected chi connectivity index (χ1v) is 13.6. The lowest BCUT2D eigenvalue weighted by Crippen LogP contribution is -2.35. The molecule has 0 aliphatic carbocycles. The zero-order valence-corrected chi connectivity index (χ0v) is 22.5. The summed E-state index contributed by atoms with van der Waals surface area (Å²) in [7, 11) is 0. The largest absolute Gasteiger partial charge is 0.476 e. The summed E-state index contributed by atoms with van der Waals surface area (Å²) in [6, 6.07) is 46.6. The smallest absolute Gasteiger partial charge is 0.390 e. The molecule has 0 atom stereocenters. The van der Waals surface area contributed by atoms with Crippen LogP contribution >= 0.6 is 0 Å². The molecular formula is C36H26N2O4+2. The second-order valence-electron chi connectivity index (χ2n) is 9.77. The van der Waals surface area contributed by atoms with E-state index in [4.69, 9.17) is 8.83 Å². The van der Waals surface area contributed by atoms with Gasteiger partial charge in [0.25, 0.3) is 0 Å². The van der Waals surface area contributed by atoms with E-state index in [9.17, 15) is 10.2 Å². The Kier molecular flexibility index (Phi) is 6.33. The summed E-state index contributed by atoms with van der Waals surface area (Å²) < 4.78 is 15.8. The van der Waals surface area contributed by atoms with Crippen molar-refractivity contribution in [2.45, 2.75) is 0 Å². The van der Waals surface area contributed by atoms with Crippen molar-refractivity contribution >= 4 is 0 Å². The number of aromatic nitrogens is 2. The highest BCUT2D eigenvalue weighted by molar-refractivity contribution is 5.66. The van der Waals surface area contributed by atoms with Gasteiger partial charge in [0.1, 0.15) is 0 Å². The van der Waals surface area contributed by atoms with Gasteiger partial charge in [-0.15, -0.1) is 9.13 Å². The zero-order valence-electron chi connectivity index (χ0n) is 22.5. The van der Waals surface area contributed by atoms with Gasteiger partial charge in [-0.3, -0.25) is 0 Å². The second kappa shape index (κ2) is 10.6. The number of nitrogens with zero attached hydrogens (tertiary/aromatic N) is 2. The summed E-state index contributed by atoms with van der Waals surface area (Å²) in [5, 5.41) is 22.0. The van der Waals surface area contributed by atoms with Crippen molar-refractivity contribution in [1.82, 2.24) is 0 Å². The molecule has 2 aromatic heterocycles. The predicted octanol–water partition coefficient (Wildman–Crippen LogP) is 7.51. The van der Waals surface area contributed by atoms with Gasteiger partial charge in [-0.25, -0.2) is 0 Å². The number of oxazole rings is 2. The molecule has 0 aliphatic heterocycles. The summed E-state index contributed by atoms with van der Waals surface area (Å²) in [5.41, 5.74) is 5.95. The van der Waals surface area contributed by atoms with Crippen molar-refractivity contribution in [1.29, 1.82) is 0 Å². The summed E-state index contributed by atoms with van der Waals surface area (Å²) in [6.45, 7) is 0. The van der Waals surface area contributed by atoms with E-state index in [1.54, 1.807) is 0 Å². The van der Waals surface area contributed by atoms with Gasteiger partial charge in [0.2, 0.25) is 11.4 Å². The molecule has 0 aliphatic rings. The summed E-state index contributed by atoms with van der Waals surface area (Å²) in [4.78, 5) is 0. The van der Waals surface area contributed by atoms with Crippen molar-refractivity contribution in [3.8, 4) is 68.7 Å². The zero-order chi connectivity index (χ0) is 28.5. The van der Waals surface area contributed by atoms with Gasteiger partial charge in [-0.2, -0.15) is 0 Å². The third-order valence-electron chi connectivity index (χ3n) is 7.15. The van der Waals surface area contributed by atoms with Gasteiger partial charge < -0.3 is 19.0 Å². The quantitative estimate of drug-likeness (QED) is 0.210. The van der Waals surface area contributed by atoms with Crippen molar-refractivity contribution in [3.05, 3.63) is 146 Å². The lowest BCUT2D eigenvalue weighted by Gasteiger charge is -2.03. The Morgan fingerprint density at radius 1 is 0.357 bits per heavy atom. The van der Waals surface area contributed by atoms with E-state index in [2.05, 4.69) is 0 Å². The Morgan fingerprint density at radius 3 is 0.952 bits per heavy atom. The van der Waals surface area contributed by atoms with Crippen molar-refractivity contribution in [2.75, 3.05) is 0 Å². The molecule has 7 rings (SSSR count). The van der Waals surface area contributed by atoms with E-state index in [1.165, 1.54) is 0 Å². The second-order valence-corrected chi connectivity index (χ2v) is 9.77. The van der Waals surface area contributed by atoms with Crippen LogP contribution < -0.4 is 9.13 Å². The van der Waals surface area contributed by atoms with Gasteiger partial charge in [0.15, 0.2) is 0 Å². The minimum atomic E-state index is -0.170. The predicted molar refractivity (Wildman–Crippen MR) is 159 cm³/mol. The number of benzene rings is 5. The van der Waals surface area contributed by atoms with Crippen molar-refractivity contribution in [2.24, 2.45) is 0 Å². The molecule has 6 nitrogen and oxygen atoms in total. The topological polar surface area (TPSA) is 74.5 Å². The standard InChI is InChI=1S/C36H24N2O4/c39-35-31(25-13-5-1-6-14-25)37(33(41-35)27-17-9-3-10-18-27)29-21-23-30(24-22-29)38-32(26-15-7-2-8-16-26)36(40)42-34(38)28-19-11-4-12-20-28/h1-24H/p+2. The number of hydrogen-bond acceptors (Lipinski definition) is 4. The molecule has 0 bridgehead atoms. The summed E-state index contributed by atoms with van der Waals surface area (Å²) in [6.07, 6.45) is 0. The third kappa shape index (κ3) is 4.41. The Bertz CT molecular complexity index is 1820. The third-order valence-corrected chi connectivity index (χ3v) is 7.15. The first-order valence-electron chi connectivity index (χ1n) is 13.6. The molecule has 0 saturated heterocycles. The lowest BCUT2D eigenvalue weighted by molar-refractivity contribution is -0.579. The molecule has 0 unspecified atom stereocenters. The van der Waals surface area contributed by atoms with Crippen LogP contribution in [0.5, 0.6) is 11.9 Å². The van der Waals surface area contributed by atoms with Crippen LogP contribution in [0.3, 0.4) is 0 Å². The van der Waals surface area contributed by atoms with Gasteiger partial charge in [-0.1, -0.05) is 72.8 Å². The Balaban J connectivity index is 1.42. The van der Waals surface area contributed by atoms with Crippen LogP contribution in [0.4, 0.5) is 0 Å². The molecule has 202 valence electrons. The van der Waals surface area contributed by atoms with Gasteiger partial charge in [0, 0.05) is 24.3 Å². The number of rotatable bonds is 6. The fourth-order valence-electron chi connectivity index (χ4n) is 5.24. The molecule has 7 aromatic rings. The highest BCUT2D eigenvalue weighted by Crippen LogP contribution is 2.35. The molecule has 0 spiro atoms. The van der Waals surface area contributed by atoms with Crippen molar-refractivity contribution < 1.29 is 28.2 Å². The Morgan fingerprint density at radius 2 is 0.643 bits per heavy atom. The maximum absolute atomic E-state index is 11.0. The average molecular weight is 551 g/mol. The van der Waals surface area contributed by atoms with E-state index in [0.29, 0.717) is 23.2 Å². The van der Waals surface area contributed by atoms with Crippen LogP contribution in [0.25, 0.3) is 56.8 Å². The molecule has 42 heavy (non-hydrogen) atoms. The van der Waals surface area contributed by atoms with E-state index < -0.39 is 0 Å². The van der Waals surface area contributed by atoms with Crippen LogP contribution in [-0.4, -0.2) is 10.2 Å². The molecule has 0 amide bonds. The average Bonchev–Trinajstić information content (AvgIpc) is 3.59. The first-order chi connectivity index (χ1) is 20.7. The highest BCUT2D eigenvalue weighted by Gasteiger charge is 2.36. The molecule has 2 heterocycles. The number of hydrogen-bond donors (Lipinski definition) is 2. The van der Waals surface area contributed by atoms with E-state index >= 15 is 0 Å². The van der Waals surface area contributed by atoms with Crippen LogP contribution in [-0.2, 0) is 0 Å². The molecule has 0 saturated carbocycles. The molecular weight excluding hydrogens is 524 g/mol. The van der Waals surface area contributed by atoms with Gasteiger partial charge in [0.05, 0.1) is 22.3 Å². The molecule has 0 radical (unpaired) electrons. The van der Waals surface area contributed by atoms with E-state index in [1.807, 2.05) is 155 Å². The fraction of sp³-hybridized carbons (Fsp3) is 0. The molecule has 6 heteroatoms. The summed E-state index contributed by atoms with van der Waals surface area (Å²) >= 11 is 0. The van der Waals surface area contributed by atoms with Crippen molar-refractivity contribution in [3.63, 3.8) is 0 Å². The fourth-order valence-corrected chi connectivity index (χ4v) is 5.24. The monoisotopic (exact) mass is 550 g/mol. The van der Waals surface area contributed by atoms with E-state index in [0.717, 1.165) is 33.6 Å². The molecule has 2 N–H and O–H groups in total. The molecule has 5 aromatic carbocycles. The molecule has 0 fully saturated rings. The van der Waals surface area contributed by atoms with Gasteiger partial charge >= 0.3 is 35.1 Å². The van der Waals surface area contributed by atoms with Crippen LogP contribution in [0.15, 0.2) is 154 Å². The minimum Gasteiger partial charge on any atom is -0.476 e. The van der Waals surface area contributed by atoms with Gasteiger partial charge in [-0.05, 0) is 48.5 Å².